The molecule has 0 aliphatic carbocycles. The largest absolute Gasteiger partial charge is 0.376 e. The third-order valence-corrected chi connectivity index (χ3v) is 5.40. The summed E-state index contributed by atoms with van der Waals surface area (Å²) >= 11 is 5.92. The normalized spacial score (nSPS) is 11.8. The molecule has 31 heavy (non-hydrogen) atoms. The van der Waals surface area contributed by atoms with Gasteiger partial charge in [-0.25, -0.2) is 9.97 Å². The molecule has 4 aromatic rings. The van der Waals surface area contributed by atoms with Gasteiger partial charge in [0.2, 0.25) is 0 Å². The van der Waals surface area contributed by atoms with Crippen molar-refractivity contribution in [2.24, 2.45) is 7.05 Å². The van der Waals surface area contributed by atoms with Crippen molar-refractivity contribution in [1.29, 1.82) is 5.26 Å². The third-order valence-electron chi connectivity index (χ3n) is 5.19. The van der Waals surface area contributed by atoms with Gasteiger partial charge in [0.15, 0.2) is 5.69 Å². The number of nitrogens with zero attached hydrogens (tertiary/aromatic N) is 4. The van der Waals surface area contributed by atoms with E-state index in [2.05, 4.69) is 16.4 Å². The average Bonchev–Trinajstić information content (AvgIpc) is 2.77. The van der Waals surface area contributed by atoms with Gasteiger partial charge in [-0.2, -0.15) is 5.26 Å². The monoisotopic (exact) mass is 429 g/mol. The van der Waals surface area contributed by atoms with E-state index in [1.165, 1.54) is 0 Å². The van der Waals surface area contributed by atoms with Gasteiger partial charge in [0.25, 0.3) is 5.56 Å². The molecule has 0 aliphatic rings. The molecule has 2 aromatic heterocycles. The highest BCUT2D eigenvalue weighted by atomic mass is 35.5. The molecular formula is C24H20ClN5O. The first-order chi connectivity index (χ1) is 14.9. The smallest absolute Gasteiger partial charge is 0.261 e. The molecule has 6 nitrogen and oxygen atoms in total. The Labute approximate surface area is 184 Å². The first kappa shape index (κ1) is 20.6. The van der Waals surface area contributed by atoms with Crippen molar-refractivity contribution in [3.63, 3.8) is 0 Å². The van der Waals surface area contributed by atoms with Crippen molar-refractivity contribution < 1.29 is 0 Å². The number of benzene rings is 2. The molecule has 0 unspecified atom stereocenters. The average molecular weight is 430 g/mol. The predicted molar refractivity (Wildman–Crippen MR) is 123 cm³/mol. The summed E-state index contributed by atoms with van der Waals surface area (Å²) in [5, 5.41) is 13.5. The predicted octanol–water partition coefficient (Wildman–Crippen LogP) is 5.00. The minimum absolute atomic E-state index is 0.105. The second kappa shape index (κ2) is 8.21. The molecule has 0 aliphatic heterocycles. The second-order valence-electron chi connectivity index (χ2n) is 7.42. The van der Waals surface area contributed by atoms with Crippen LogP contribution in [0.4, 0.5) is 5.69 Å². The molecule has 1 atom stereocenters. The Hall–Kier alpha value is -3.69. The Morgan fingerprint density at radius 3 is 2.58 bits per heavy atom. The minimum atomic E-state index is -0.235. The van der Waals surface area contributed by atoms with Crippen LogP contribution >= 0.6 is 11.6 Å². The van der Waals surface area contributed by atoms with Crippen LogP contribution < -0.4 is 10.9 Å². The summed E-state index contributed by atoms with van der Waals surface area (Å²) < 4.78 is 1.58. The van der Waals surface area contributed by atoms with E-state index in [9.17, 15) is 10.1 Å². The number of fused-ring (bicyclic) bond motifs is 1. The molecule has 0 saturated heterocycles. The van der Waals surface area contributed by atoms with Crippen molar-refractivity contribution in [1.82, 2.24) is 14.5 Å². The van der Waals surface area contributed by atoms with Crippen molar-refractivity contribution in [2.45, 2.75) is 19.9 Å². The number of hydrogen-bond acceptors (Lipinski definition) is 5. The number of hydrogen-bond donors (Lipinski definition) is 1. The summed E-state index contributed by atoms with van der Waals surface area (Å²) in [5.41, 5.74) is 4.00. The summed E-state index contributed by atoms with van der Waals surface area (Å²) in [5.74, 6) is 0.598. The molecule has 0 saturated carbocycles. The molecule has 0 bridgehead atoms. The van der Waals surface area contributed by atoms with E-state index in [-0.39, 0.29) is 22.4 Å². The SMILES string of the molecule is Cc1cc([C@@H](C)Nc2ccc(Cl)nc2C#N)c2nc(-c3ccccc3)n(C)c(=O)c2c1. The van der Waals surface area contributed by atoms with Crippen molar-refractivity contribution in [3.8, 4) is 17.5 Å². The lowest BCUT2D eigenvalue weighted by Gasteiger charge is -2.19. The maximum atomic E-state index is 13.2. The van der Waals surface area contributed by atoms with E-state index in [1.54, 1.807) is 23.7 Å². The summed E-state index contributed by atoms with van der Waals surface area (Å²) in [6, 6.07) is 18.7. The van der Waals surface area contributed by atoms with Gasteiger partial charge in [-0.1, -0.05) is 48.0 Å². The van der Waals surface area contributed by atoms with Crippen LogP contribution in [-0.2, 0) is 7.05 Å². The van der Waals surface area contributed by atoms with Gasteiger partial charge < -0.3 is 5.32 Å². The van der Waals surface area contributed by atoms with Gasteiger partial charge in [-0.15, -0.1) is 0 Å². The van der Waals surface area contributed by atoms with Crippen LogP contribution in [0.25, 0.3) is 22.3 Å². The quantitative estimate of drug-likeness (QED) is 0.461. The summed E-state index contributed by atoms with van der Waals surface area (Å²) in [6.07, 6.45) is 0. The Morgan fingerprint density at radius 1 is 1.13 bits per heavy atom. The van der Waals surface area contributed by atoms with E-state index in [1.807, 2.05) is 56.3 Å². The fourth-order valence-corrected chi connectivity index (χ4v) is 3.82. The molecule has 0 spiro atoms. The van der Waals surface area contributed by atoms with E-state index in [4.69, 9.17) is 16.6 Å². The summed E-state index contributed by atoms with van der Waals surface area (Å²) in [6.45, 7) is 3.91. The van der Waals surface area contributed by atoms with E-state index in [0.29, 0.717) is 22.4 Å². The summed E-state index contributed by atoms with van der Waals surface area (Å²) in [4.78, 5) is 22.1. The van der Waals surface area contributed by atoms with Crippen molar-refractivity contribution in [3.05, 3.63) is 86.9 Å². The van der Waals surface area contributed by atoms with Crippen LogP contribution in [0.15, 0.2) is 59.4 Å². The van der Waals surface area contributed by atoms with Crippen LogP contribution in [0.3, 0.4) is 0 Å². The molecular weight excluding hydrogens is 410 g/mol. The zero-order chi connectivity index (χ0) is 22.1. The van der Waals surface area contributed by atoms with Gasteiger partial charge >= 0.3 is 0 Å². The number of anilines is 1. The number of pyridine rings is 1. The van der Waals surface area contributed by atoms with Gasteiger partial charge in [0, 0.05) is 18.2 Å². The first-order valence-corrected chi connectivity index (χ1v) is 10.2. The number of nitrogens with one attached hydrogen (secondary N) is 1. The fraction of sp³-hybridized carbons (Fsp3) is 0.167. The van der Waals surface area contributed by atoms with Crippen LogP contribution in [-0.4, -0.2) is 14.5 Å². The molecule has 154 valence electrons. The maximum Gasteiger partial charge on any atom is 0.261 e. The zero-order valence-corrected chi connectivity index (χ0v) is 18.1. The van der Waals surface area contributed by atoms with Crippen molar-refractivity contribution >= 4 is 28.2 Å². The number of halogens is 1. The summed E-state index contributed by atoms with van der Waals surface area (Å²) in [7, 11) is 1.74. The molecule has 7 heteroatoms. The maximum absolute atomic E-state index is 13.2. The highest BCUT2D eigenvalue weighted by molar-refractivity contribution is 6.29. The first-order valence-electron chi connectivity index (χ1n) is 9.79. The molecule has 2 heterocycles. The van der Waals surface area contributed by atoms with Crippen molar-refractivity contribution in [2.75, 3.05) is 5.32 Å². The Balaban J connectivity index is 1.89. The Kier molecular flexibility index (Phi) is 5.45. The number of rotatable bonds is 4. The Bertz CT molecular complexity index is 1390. The van der Waals surface area contributed by atoms with Crippen LogP contribution in [0.2, 0.25) is 5.15 Å². The second-order valence-corrected chi connectivity index (χ2v) is 7.81. The molecule has 1 N–H and O–H groups in total. The van der Waals surface area contributed by atoms with E-state index in [0.717, 1.165) is 16.7 Å². The van der Waals surface area contributed by atoms with Crippen LogP contribution in [0.1, 0.15) is 29.8 Å². The van der Waals surface area contributed by atoms with Gasteiger partial charge in [0.05, 0.1) is 22.6 Å². The molecule has 4 rings (SSSR count). The highest BCUT2D eigenvalue weighted by Crippen LogP contribution is 2.29. The number of aryl methyl sites for hydroxylation is 1. The molecule has 0 radical (unpaired) electrons. The lowest BCUT2D eigenvalue weighted by molar-refractivity contribution is 0.845. The Morgan fingerprint density at radius 2 is 1.87 bits per heavy atom. The number of nitriles is 1. The fourth-order valence-electron chi connectivity index (χ4n) is 3.68. The van der Waals surface area contributed by atoms with Gasteiger partial charge in [-0.05, 0) is 37.6 Å². The lowest BCUT2D eigenvalue weighted by Crippen LogP contribution is -2.22. The van der Waals surface area contributed by atoms with Gasteiger partial charge in [-0.3, -0.25) is 9.36 Å². The molecule has 0 fully saturated rings. The van der Waals surface area contributed by atoms with Gasteiger partial charge in [0.1, 0.15) is 17.0 Å². The standard InChI is InChI=1S/C24H20ClN5O/c1-14-11-17(15(2)27-19-9-10-21(25)28-20(19)13-26)22-18(12-14)24(31)30(3)23(29-22)16-7-5-4-6-8-16/h4-12,15,27H,1-3H3/t15-/m1/s1. The number of aromatic nitrogens is 3. The molecule has 0 amide bonds. The van der Waals surface area contributed by atoms with E-state index < -0.39 is 0 Å². The zero-order valence-electron chi connectivity index (χ0n) is 17.3. The van der Waals surface area contributed by atoms with Crippen LogP contribution in [0.5, 0.6) is 0 Å². The van der Waals surface area contributed by atoms with E-state index >= 15 is 0 Å². The minimum Gasteiger partial charge on any atom is -0.376 e. The molecule has 2 aromatic carbocycles. The topological polar surface area (TPSA) is 83.6 Å². The highest BCUT2D eigenvalue weighted by Gasteiger charge is 2.18. The van der Waals surface area contributed by atoms with Crippen LogP contribution in [0, 0.1) is 18.3 Å². The third kappa shape index (κ3) is 3.88. The lowest BCUT2D eigenvalue weighted by atomic mass is 10.0.